The molecule has 0 atom stereocenters. The van der Waals surface area contributed by atoms with Crippen LogP contribution in [0.2, 0.25) is 0 Å². The lowest BCUT2D eigenvalue weighted by atomic mass is 10.4. The van der Waals surface area contributed by atoms with Gasteiger partial charge in [0, 0.05) is 37.5 Å². The van der Waals surface area contributed by atoms with Crippen LogP contribution in [0.4, 0.5) is 0 Å². The summed E-state index contributed by atoms with van der Waals surface area (Å²) in [7, 11) is 0. The van der Waals surface area contributed by atoms with E-state index in [1.807, 2.05) is 29.2 Å². The molecule has 0 N–H and O–H groups in total. The molecule has 120 valence electrons. The maximum atomic E-state index is 4.76. The summed E-state index contributed by atoms with van der Waals surface area (Å²) in [6, 6.07) is 2.01. The summed E-state index contributed by atoms with van der Waals surface area (Å²) in [6.45, 7) is 3.71. The molecule has 0 unspecified atom stereocenters. The molecule has 7 heteroatoms. The molecule has 0 aliphatic carbocycles. The summed E-state index contributed by atoms with van der Waals surface area (Å²) in [6.07, 6.45) is 13.4. The van der Waals surface area contributed by atoms with Gasteiger partial charge in [0.1, 0.15) is 17.0 Å². The smallest absolute Gasteiger partial charge is 0.160 e. The van der Waals surface area contributed by atoms with Crippen molar-refractivity contribution >= 4 is 11.0 Å². The van der Waals surface area contributed by atoms with Crippen LogP contribution in [0.5, 0.6) is 0 Å². The molecule has 0 radical (unpaired) electrons. The number of rotatable bonds is 5. The van der Waals surface area contributed by atoms with E-state index >= 15 is 0 Å². The lowest BCUT2D eigenvalue weighted by Crippen LogP contribution is -2.09. The van der Waals surface area contributed by atoms with Crippen LogP contribution in [-0.2, 0) is 13.1 Å². The monoisotopic (exact) mass is 319 g/mol. The second kappa shape index (κ2) is 6.19. The van der Waals surface area contributed by atoms with Gasteiger partial charge < -0.3 is 9.13 Å². The fraction of sp³-hybridized carbons (Fsp3) is 0.235. The van der Waals surface area contributed by atoms with Crippen molar-refractivity contribution in [2.45, 2.75) is 26.4 Å². The van der Waals surface area contributed by atoms with Crippen LogP contribution in [0.15, 0.2) is 49.4 Å². The number of fused-ring (bicyclic) bond motifs is 1. The predicted molar refractivity (Wildman–Crippen MR) is 90.2 cm³/mol. The Bertz CT molecular complexity index is 955. The zero-order valence-electron chi connectivity index (χ0n) is 13.4. The van der Waals surface area contributed by atoms with Crippen molar-refractivity contribution in [3.05, 3.63) is 55.3 Å². The molecule has 7 nitrogen and oxygen atoms in total. The molecule has 0 amide bonds. The summed E-state index contributed by atoms with van der Waals surface area (Å²) in [5.41, 5.74) is 2.78. The van der Waals surface area contributed by atoms with E-state index in [0.29, 0.717) is 6.54 Å². The maximum Gasteiger partial charge on any atom is 0.160 e. The van der Waals surface area contributed by atoms with Crippen LogP contribution in [0, 0.1) is 0 Å². The van der Waals surface area contributed by atoms with E-state index in [2.05, 4.69) is 31.4 Å². The van der Waals surface area contributed by atoms with Gasteiger partial charge in [-0.2, -0.15) is 0 Å². The summed E-state index contributed by atoms with van der Waals surface area (Å²) >= 11 is 0. The van der Waals surface area contributed by atoms with Crippen LogP contribution in [-0.4, -0.2) is 34.1 Å². The highest BCUT2D eigenvalue weighted by atomic mass is 15.2. The van der Waals surface area contributed by atoms with Gasteiger partial charge in [0.25, 0.3) is 0 Å². The van der Waals surface area contributed by atoms with Crippen molar-refractivity contribution in [2.24, 2.45) is 0 Å². The number of pyridine rings is 1. The van der Waals surface area contributed by atoms with Crippen LogP contribution < -0.4 is 0 Å². The van der Waals surface area contributed by atoms with Gasteiger partial charge in [-0.25, -0.2) is 15.0 Å². The molecule has 0 saturated carbocycles. The van der Waals surface area contributed by atoms with Crippen LogP contribution in [0.3, 0.4) is 0 Å². The van der Waals surface area contributed by atoms with Gasteiger partial charge in [-0.3, -0.25) is 9.97 Å². The Morgan fingerprint density at radius 1 is 1.00 bits per heavy atom. The van der Waals surface area contributed by atoms with Gasteiger partial charge in [-0.1, -0.05) is 6.92 Å². The second-order valence-electron chi connectivity index (χ2n) is 5.51. The van der Waals surface area contributed by atoms with E-state index in [0.717, 1.165) is 41.3 Å². The van der Waals surface area contributed by atoms with Crippen LogP contribution in [0.1, 0.15) is 19.2 Å². The number of hydrogen-bond acceptors (Lipinski definition) is 5. The Hall–Kier alpha value is -3.09. The molecule has 0 aliphatic rings. The molecule has 24 heavy (non-hydrogen) atoms. The maximum absolute atomic E-state index is 4.76. The average molecular weight is 319 g/mol. The zero-order valence-corrected chi connectivity index (χ0v) is 13.4. The molecule has 0 saturated heterocycles. The molecule has 4 aromatic heterocycles. The predicted octanol–water partition coefficient (Wildman–Crippen LogP) is 2.54. The van der Waals surface area contributed by atoms with E-state index < -0.39 is 0 Å². The molecule has 0 aliphatic heterocycles. The van der Waals surface area contributed by atoms with Crippen molar-refractivity contribution in [1.29, 1.82) is 0 Å². The molecular weight excluding hydrogens is 302 g/mol. The normalized spacial score (nSPS) is 11.2. The minimum absolute atomic E-state index is 0.626. The Kier molecular flexibility index (Phi) is 3.74. The molecule has 0 aromatic carbocycles. The lowest BCUT2D eigenvalue weighted by Gasteiger charge is -2.10. The summed E-state index contributed by atoms with van der Waals surface area (Å²) in [5, 5.41) is 0. The Balaban J connectivity index is 1.76. The number of nitrogens with zero attached hydrogens (tertiary/aromatic N) is 7. The number of hydrogen-bond donors (Lipinski definition) is 0. The Labute approximate surface area is 139 Å². The fourth-order valence-electron chi connectivity index (χ4n) is 2.86. The quantitative estimate of drug-likeness (QED) is 0.565. The summed E-state index contributed by atoms with van der Waals surface area (Å²) < 4.78 is 4.29. The Morgan fingerprint density at radius 2 is 1.92 bits per heavy atom. The SMILES string of the molecule is CCCn1c(Cn2ccnc2-c2cnccn2)nc2cnccc21. The van der Waals surface area contributed by atoms with Crippen molar-refractivity contribution in [3.8, 4) is 11.5 Å². The van der Waals surface area contributed by atoms with E-state index in [4.69, 9.17) is 4.98 Å². The van der Waals surface area contributed by atoms with Gasteiger partial charge in [0.05, 0.1) is 24.5 Å². The first-order chi connectivity index (χ1) is 11.9. The van der Waals surface area contributed by atoms with E-state index in [9.17, 15) is 0 Å². The third-order valence-electron chi connectivity index (χ3n) is 3.90. The van der Waals surface area contributed by atoms with Gasteiger partial charge in [0.2, 0.25) is 0 Å². The molecule has 4 aromatic rings. The minimum Gasteiger partial charge on any atom is -0.326 e. The van der Waals surface area contributed by atoms with Gasteiger partial charge >= 0.3 is 0 Å². The van der Waals surface area contributed by atoms with E-state index in [1.165, 1.54) is 0 Å². The summed E-state index contributed by atoms with van der Waals surface area (Å²) in [5.74, 6) is 1.78. The van der Waals surface area contributed by atoms with Gasteiger partial charge in [0.15, 0.2) is 5.82 Å². The van der Waals surface area contributed by atoms with Crippen LogP contribution in [0.25, 0.3) is 22.6 Å². The average Bonchev–Trinajstić information content (AvgIpc) is 3.22. The van der Waals surface area contributed by atoms with Crippen LogP contribution >= 0.6 is 0 Å². The van der Waals surface area contributed by atoms with Gasteiger partial charge in [-0.05, 0) is 12.5 Å². The molecule has 0 bridgehead atoms. The number of aromatic nitrogens is 7. The van der Waals surface area contributed by atoms with Crippen molar-refractivity contribution in [1.82, 2.24) is 34.1 Å². The third-order valence-corrected chi connectivity index (χ3v) is 3.90. The first kappa shape index (κ1) is 14.5. The molecule has 4 heterocycles. The Morgan fingerprint density at radius 3 is 2.75 bits per heavy atom. The first-order valence-corrected chi connectivity index (χ1v) is 7.93. The van der Waals surface area contributed by atoms with Crippen molar-refractivity contribution in [3.63, 3.8) is 0 Å². The van der Waals surface area contributed by atoms with E-state index in [1.54, 1.807) is 24.8 Å². The highest BCUT2D eigenvalue weighted by Crippen LogP contribution is 2.19. The molecule has 0 spiro atoms. The van der Waals surface area contributed by atoms with Gasteiger partial charge in [-0.15, -0.1) is 0 Å². The highest BCUT2D eigenvalue weighted by Gasteiger charge is 2.13. The molecule has 0 fully saturated rings. The first-order valence-electron chi connectivity index (χ1n) is 7.93. The second-order valence-corrected chi connectivity index (χ2v) is 5.51. The van der Waals surface area contributed by atoms with Crippen molar-refractivity contribution in [2.75, 3.05) is 0 Å². The topological polar surface area (TPSA) is 74.3 Å². The standard InChI is InChI=1S/C17H17N7/c1-2-8-24-15-3-4-18-10-13(15)22-16(24)12-23-9-7-21-17(23)14-11-19-5-6-20-14/h3-7,9-11H,2,8,12H2,1H3. The summed E-state index contributed by atoms with van der Waals surface area (Å²) in [4.78, 5) is 21.8. The number of aryl methyl sites for hydroxylation is 1. The number of imidazole rings is 2. The van der Waals surface area contributed by atoms with E-state index in [-0.39, 0.29) is 0 Å². The fourth-order valence-corrected chi connectivity index (χ4v) is 2.86. The zero-order chi connectivity index (χ0) is 16.4. The largest absolute Gasteiger partial charge is 0.326 e. The van der Waals surface area contributed by atoms with Crippen molar-refractivity contribution < 1.29 is 0 Å². The molecular formula is C17H17N7. The highest BCUT2D eigenvalue weighted by molar-refractivity contribution is 5.74. The molecule has 4 rings (SSSR count). The third kappa shape index (κ3) is 2.54. The lowest BCUT2D eigenvalue weighted by molar-refractivity contribution is 0.627. The minimum atomic E-state index is 0.626.